The summed E-state index contributed by atoms with van der Waals surface area (Å²) >= 11 is 0. The standard InChI is InChI=1S/C37H43N3O10S2.2C6H15N/c1-6-38-29-18-16-25(51(44,45)46)23-27(29)36(2,3)31(38)13-9-7-10-14-32-37(4,5)28-24-26(52(47,48)49)17-19-30(28)39(32)22-12-8-11-15-35(43)50-40-33(41)20-21-34(40)42;2*1-4-7(5-2)6-3/h7,9-10,13-14,16-19,23-24H,6,8,11-12,15,20-22H2,1-5H3,(H-,44,45,46,47,48,49);2*4-6H2,1-3H3. The number of benzene rings is 2. The lowest BCUT2D eigenvalue weighted by Gasteiger charge is -2.25. The molecule has 2 aromatic rings. The summed E-state index contributed by atoms with van der Waals surface area (Å²) < 4.78 is 71.1. The van der Waals surface area contributed by atoms with Crippen LogP contribution < -0.4 is 4.90 Å². The van der Waals surface area contributed by atoms with Crippen molar-refractivity contribution in [2.75, 3.05) is 57.3 Å². The molecule has 5 rings (SSSR count). The lowest BCUT2D eigenvalue weighted by molar-refractivity contribution is -0.438. The predicted octanol–water partition coefficient (Wildman–Crippen LogP) is 7.89. The van der Waals surface area contributed by atoms with Crippen molar-refractivity contribution in [3.05, 3.63) is 83.6 Å². The Labute approximate surface area is 394 Å². The number of anilines is 1. The summed E-state index contributed by atoms with van der Waals surface area (Å²) in [6, 6.07) is 8.97. The van der Waals surface area contributed by atoms with Crippen molar-refractivity contribution in [2.24, 2.45) is 0 Å². The molecule has 66 heavy (non-hydrogen) atoms. The summed E-state index contributed by atoms with van der Waals surface area (Å²) in [6.45, 7) is 31.3. The zero-order valence-electron chi connectivity index (χ0n) is 40.9. The molecule has 1 fully saturated rings. The molecule has 2 aromatic carbocycles. The van der Waals surface area contributed by atoms with Gasteiger partial charge in [-0.3, -0.25) is 14.1 Å². The third-order valence-corrected chi connectivity index (χ3v) is 14.2. The number of hydroxylamine groups is 2. The van der Waals surface area contributed by atoms with Gasteiger partial charge in [0, 0.05) is 66.7 Å². The molecule has 0 radical (unpaired) electrons. The molecule has 0 spiro atoms. The van der Waals surface area contributed by atoms with Crippen molar-refractivity contribution in [3.8, 4) is 0 Å². The minimum absolute atomic E-state index is 0.0255. The van der Waals surface area contributed by atoms with E-state index in [2.05, 4.69) is 60.8 Å². The second-order valence-corrected chi connectivity index (χ2v) is 20.0. The highest BCUT2D eigenvalue weighted by Gasteiger charge is 2.45. The Balaban J connectivity index is 0.000000715. The minimum Gasteiger partial charge on any atom is -0.744 e. The number of amides is 2. The Kier molecular flexibility index (Phi) is 20.7. The van der Waals surface area contributed by atoms with Crippen LogP contribution in [0.15, 0.2) is 82.3 Å². The van der Waals surface area contributed by atoms with Gasteiger partial charge in [0.15, 0.2) is 5.71 Å². The third-order valence-electron chi connectivity index (χ3n) is 12.5. The van der Waals surface area contributed by atoms with Crippen LogP contribution in [-0.2, 0) is 50.3 Å². The van der Waals surface area contributed by atoms with Crippen LogP contribution in [0.3, 0.4) is 0 Å². The molecular formula is C49H73N5O10S2. The van der Waals surface area contributed by atoms with Crippen LogP contribution in [0.5, 0.6) is 0 Å². The van der Waals surface area contributed by atoms with E-state index in [0.29, 0.717) is 37.4 Å². The van der Waals surface area contributed by atoms with Gasteiger partial charge in [-0.2, -0.15) is 13.0 Å². The van der Waals surface area contributed by atoms with Gasteiger partial charge in [0.05, 0.1) is 15.2 Å². The van der Waals surface area contributed by atoms with Crippen LogP contribution >= 0.6 is 0 Å². The van der Waals surface area contributed by atoms with E-state index < -0.39 is 48.8 Å². The SMILES string of the molecule is CCN(CC)CC.CCN(CC)CC.CCN1\C(=C/C=C/C=C/C2=[N+](CCCCCC(=O)ON3C(=O)CCC3=O)c3ccc(S(=O)(=O)O)cc3C2(C)C)C(C)(C)c2cc(S(=O)(=O)[O-])ccc21. The maximum Gasteiger partial charge on any atom is 0.333 e. The Morgan fingerprint density at radius 2 is 1.30 bits per heavy atom. The molecule has 0 atom stereocenters. The zero-order valence-corrected chi connectivity index (χ0v) is 42.6. The highest BCUT2D eigenvalue weighted by molar-refractivity contribution is 7.86. The van der Waals surface area contributed by atoms with Crippen LogP contribution in [0.2, 0.25) is 0 Å². The number of nitrogens with zero attached hydrogens (tertiary/aromatic N) is 5. The van der Waals surface area contributed by atoms with Crippen LogP contribution in [0.1, 0.15) is 126 Å². The molecule has 0 unspecified atom stereocenters. The molecule has 366 valence electrons. The Morgan fingerprint density at radius 1 is 0.758 bits per heavy atom. The van der Waals surface area contributed by atoms with Crippen LogP contribution in [0, 0.1) is 0 Å². The van der Waals surface area contributed by atoms with Gasteiger partial charge in [-0.05, 0) is 115 Å². The van der Waals surface area contributed by atoms with Crippen molar-refractivity contribution < 1.29 is 49.7 Å². The van der Waals surface area contributed by atoms with Gasteiger partial charge in [0.25, 0.3) is 21.9 Å². The first-order valence-corrected chi connectivity index (χ1v) is 26.0. The average Bonchev–Trinajstić information content (AvgIpc) is 3.78. The number of rotatable bonds is 19. The second kappa shape index (κ2) is 24.5. The van der Waals surface area contributed by atoms with Crippen molar-refractivity contribution in [1.29, 1.82) is 0 Å². The van der Waals surface area contributed by atoms with Gasteiger partial charge >= 0.3 is 5.97 Å². The number of unbranched alkanes of at least 4 members (excludes halogenated alkanes) is 2. The number of hydrogen-bond acceptors (Lipinski definition) is 12. The maximum atomic E-state index is 12.2. The topological polar surface area (TPSA) is 188 Å². The molecule has 2 amide bonds. The van der Waals surface area contributed by atoms with E-state index in [-0.39, 0.29) is 29.1 Å². The highest BCUT2D eigenvalue weighted by Crippen LogP contribution is 2.48. The first-order valence-electron chi connectivity index (χ1n) is 23.2. The van der Waals surface area contributed by atoms with E-state index in [1.54, 1.807) is 12.1 Å². The van der Waals surface area contributed by atoms with Gasteiger partial charge in [-0.15, -0.1) is 5.06 Å². The zero-order chi connectivity index (χ0) is 49.6. The molecule has 15 nitrogen and oxygen atoms in total. The molecule has 0 aromatic heterocycles. The lowest BCUT2D eigenvalue weighted by Crippen LogP contribution is -2.31. The quantitative estimate of drug-likeness (QED) is 0.0471. The van der Waals surface area contributed by atoms with E-state index >= 15 is 0 Å². The van der Waals surface area contributed by atoms with Crippen molar-refractivity contribution in [1.82, 2.24) is 14.9 Å². The molecule has 3 aliphatic heterocycles. The summed E-state index contributed by atoms with van der Waals surface area (Å²) in [5, 5.41) is 0.540. The van der Waals surface area contributed by atoms with Gasteiger partial charge in [-0.1, -0.05) is 73.6 Å². The van der Waals surface area contributed by atoms with Gasteiger partial charge in [-0.25, -0.2) is 13.2 Å². The molecule has 0 bridgehead atoms. The first kappa shape index (κ1) is 55.8. The third kappa shape index (κ3) is 14.0. The summed E-state index contributed by atoms with van der Waals surface area (Å²) in [7, 11) is -9.05. The van der Waals surface area contributed by atoms with Gasteiger partial charge in [0.1, 0.15) is 16.7 Å². The summed E-state index contributed by atoms with van der Waals surface area (Å²) in [5.74, 6) is -1.71. The molecule has 3 aliphatic rings. The molecule has 17 heteroatoms. The largest absolute Gasteiger partial charge is 0.744 e. The molecule has 1 saturated heterocycles. The van der Waals surface area contributed by atoms with Crippen molar-refractivity contribution in [2.45, 2.75) is 135 Å². The van der Waals surface area contributed by atoms with E-state index in [0.717, 1.165) is 33.9 Å². The van der Waals surface area contributed by atoms with E-state index in [9.17, 15) is 40.3 Å². The number of carbonyl (C=O) groups is 3. The molecular weight excluding hydrogens is 883 g/mol. The number of hydrogen-bond donors (Lipinski definition) is 1. The fourth-order valence-corrected chi connectivity index (χ4v) is 9.43. The molecule has 3 heterocycles. The monoisotopic (exact) mass is 955 g/mol. The van der Waals surface area contributed by atoms with Gasteiger partial charge < -0.3 is 24.1 Å². The number of fused-ring (bicyclic) bond motifs is 2. The Morgan fingerprint density at radius 3 is 1.80 bits per heavy atom. The predicted molar refractivity (Wildman–Crippen MR) is 258 cm³/mol. The molecule has 1 N–H and O–H groups in total. The number of allylic oxidation sites excluding steroid dienone is 6. The minimum atomic E-state index is -4.61. The summed E-state index contributed by atoms with van der Waals surface area (Å²) in [6.07, 6.45) is 11.4. The van der Waals surface area contributed by atoms with E-state index in [4.69, 9.17) is 4.84 Å². The smallest absolute Gasteiger partial charge is 0.333 e. The van der Waals surface area contributed by atoms with Crippen LogP contribution in [-0.4, -0.2) is 121 Å². The second-order valence-electron chi connectivity index (χ2n) is 17.2. The Bertz CT molecular complexity index is 2340. The lowest BCUT2D eigenvalue weighted by atomic mass is 9.81. The van der Waals surface area contributed by atoms with Crippen LogP contribution in [0.4, 0.5) is 11.4 Å². The van der Waals surface area contributed by atoms with E-state index in [1.165, 1.54) is 63.5 Å². The summed E-state index contributed by atoms with van der Waals surface area (Å²) in [5.41, 5.74) is 3.68. The number of imide groups is 1. The number of likely N-dealkylation sites (N-methyl/N-ethyl adjacent to an activating group) is 1. The highest BCUT2D eigenvalue weighted by atomic mass is 32.2. The van der Waals surface area contributed by atoms with Crippen molar-refractivity contribution >= 4 is 55.1 Å². The van der Waals surface area contributed by atoms with Crippen molar-refractivity contribution in [3.63, 3.8) is 0 Å². The average molecular weight is 956 g/mol. The normalized spacial score (nSPS) is 17.2. The fraction of sp³-hybridized carbons (Fsp3) is 0.551. The fourth-order valence-electron chi connectivity index (χ4n) is 8.43. The van der Waals surface area contributed by atoms with Gasteiger partial charge in [0.2, 0.25) is 5.69 Å². The van der Waals surface area contributed by atoms with E-state index in [1.807, 2.05) is 65.0 Å². The molecule has 0 aliphatic carbocycles. The van der Waals surface area contributed by atoms with Crippen LogP contribution in [0.25, 0.3) is 0 Å². The maximum absolute atomic E-state index is 12.2. The molecule has 0 saturated carbocycles. The first-order chi connectivity index (χ1) is 31.0. The number of carbonyl (C=O) groups excluding carboxylic acids is 3. The Hall–Kier alpha value is -4.52. The summed E-state index contributed by atoms with van der Waals surface area (Å²) in [4.78, 5) is 47.0.